The Balaban J connectivity index is 1.28. The van der Waals surface area contributed by atoms with Crippen molar-refractivity contribution < 1.29 is 13.2 Å². The van der Waals surface area contributed by atoms with Crippen LogP contribution in [-0.2, 0) is 6.42 Å². The number of rotatable bonds is 6. The SMILES string of the molecule is N[C@H](CCc1ncc(-c2ccc3cnccc3c2)s1)CN1CCC(C(F)(F)F)CC1. The van der Waals surface area contributed by atoms with Crippen LogP contribution in [0.2, 0.25) is 0 Å². The summed E-state index contributed by atoms with van der Waals surface area (Å²) in [5, 5.41) is 3.29. The molecular weight excluding hydrogens is 409 g/mol. The maximum absolute atomic E-state index is 12.8. The molecule has 1 fully saturated rings. The van der Waals surface area contributed by atoms with Gasteiger partial charge in [0, 0.05) is 43.0 Å². The van der Waals surface area contributed by atoms with Gasteiger partial charge in [-0.3, -0.25) is 4.98 Å². The number of alkyl halides is 3. The van der Waals surface area contributed by atoms with E-state index in [0.717, 1.165) is 39.1 Å². The standard InChI is InChI=1S/C22H25F3N4S/c23-22(24,25)18-6-9-29(10-7-18)14-19(26)3-4-21-28-13-20(30-21)16-1-2-17-12-27-8-5-15(17)11-16/h1-2,5,8,11-13,18-19H,3-4,6-7,9-10,14,26H2/t19-/m1/s1. The fraction of sp³-hybridized carbons (Fsp3) is 0.455. The van der Waals surface area contributed by atoms with Crippen LogP contribution < -0.4 is 5.73 Å². The van der Waals surface area contributed by atoms with Gasteiger partial charge in [0.25, 0.3) is 0 Å². The lowest BCUT2D eigenvalue weighted by molar-refractivity contribution is -0.185. The molecule has 0 radical (unpaired) electrons. The lowest BCUT2D eigenvalue weighted by atomic mass is 9.96. The number of likely N-dealkylation sites (tertiary alicyclic amines) is 1. The molecule has 0 unspecified atom stereocenters. The minimum atomic E-state index is -4.07. The summed E-state index contributed by atoms with van der Waals surface area (Å²) >= 11 is 1.66. The zero-order valence-corrected chi connectivity index (χ0v) is 17.4. The van der Waals surface area contributed by atoms with Crippen molar-refractivity contribution in [3.05, 3.63) is 47.9 Å². The predicted octanol–water partition coefficient (Wildman–Crippen LogP) is 4.89. The van der Waals surface area contributed by atoms with Gasteiger partial charge in [-0.05, 0) is 55.4 Å². The van der Waals surface area contributed by atoms with E-state index in [2.05, 4.69) is 33.1 Å². The molecule has 1 aromatic carbocycles. The number of hydrogen-bond donors (Lipinski definition) is 1. The van der Waals surface area contributed by atoms with E-state index in [0.29, 0.717) is 19.6 Å². The molecule has 4 rings (SSSR count). The Morgan fingerprint density at radius 3 is 2.70 bits per heavy atom. The van der Waals surface area contributed by atoms with Crippen molar-refractivity contribution >= 4 is 22.1 Å². The van der Waals surface area contributed by atoms with Crippen LogP contribution in [0.15, 0.2) is 42.9 Å². The van der Waals surface area contributed by atoms with Crippen LogP contribution >= 0.6 is 11.3 Å². The van der Waals surface area contributed by atoms with Crippen molar-refractivity contribution in [2.75, 3.05) is 19.6 Å². The Morgan fingerprint density at radius 1 is 1.13 bits per heavy atom. The van der Waals surface area contributed by atoms with E-state index in [9.17, 15) is 13.2 Å². The van der Waals surface area contributed by atoms with Gasteiger partial charge < -0.3 is 10.6 Å². The summed E-state index contributed by atoms with van der Waals surface area (Å²) in [5.41, 5.74) is 7.39. The molecule has 0 spiro atoms. The minimum absolute atomic E-state index is 0.0621. The molecule has 0 saturated carbocycles. The van der Waals surface area contributed by atoms with Crippen LogP contribution in [0, 0.1) is 5.92 Å². The quantitative estimate of drug-likeness (QED) is 0.600. The molecule has 0 aliphatic carbocycles. The number of nitrogens with zero attached hydrogens (tertiary/aromatic N) is 3. The highest BCUT2D eigenvalue weighted by Gasteiger charge is 2.41. The van der Waals surface area contributed by atoms with Crippen LogP contribution in [0.1, 0.15) is 24.3 Å². The first-order chi connectivity index (χ1) is 14.4. The highest BCUT2D eigenvalue weighted by molar-refractivity contribution is 7.15. The Labute approximate surface area is 177 Å². The average molecular weight is 435 g/mol. The molecule has 3 heterocycles. The summed E-state index contributed by atoms with van der Waals surface area (Å²) < 4.78 is 38.4. The monoisotopic (exact) mass is 434 g/mol. The number of aryl methyl sites for hydroxylation is 1. The van der Waals surface area contributed by atoms with Crippen molar-refractivity contribution in [1.29, 1.82) is 0 Å². The van der Waals surface area contributed by atoms with E-state index in [1.807, 2.05) is 18.5 Å². The van der Waals surface area contributed by atoms with Crippen LogP contribution in [0.4, 0.5) is 13.2 Å². The Bertz CT molecular complexity index is 980. The normalized spacial score (nSPS) is 17.5. The van der Waals surface area contributed by atoms with Gasteiger partial charge in [0.05, 0.1) is 15.8 Å². The average Bonchev–Trinajstić information content (AvgIpc) is 3.21. The fourth-order valence-electron chi connectivity index (χ4n) is 3.97. The molecule has 0 amide bonds. The molecule has 2 N–H and O–H groups in total. The summed E-state index contributed by atoms with van der Waals surface area (Å²) in [5.74, 6) is -1.16. The van der Waals surface area contributed by atoms with Crippen molar-refractivity contribution in [2.45, 2.75) is 37.9 Å². The highest BCUT2D eigenvalue weighted by Crippen LogP contribution is 2.34. The number of pyridine rings is 1. The van der Waals surface area contributed by atoms with E-state index < -0.39 is 12.1 Å². The summed E-state index contributed by atoms with van der Waals surface area (Å²) in [6, 6.07) is 8.22. The van der Waals surface area contributed by atoms with E-state index in [1.54, 1.807) is 17.5 Å². The number of fused-ring (bicyclic) bond motifs is 1. The molecule has 1 aliphatic heterocycles. The molecular formula is C22H25F3N4S. The Morgan fingerprint density at radius 2 is 1.93 bits per heavy atom. The van der Waals surface area contributed by atoms with Crippen molar-refractivity contribution in [3.63, 3.8) is 0 Å². The number of thiazole rings is 1. The van der Waals surface area contributed by atoms with Gasteiger partial charge in [0.15, 0.2) is 0 Å². The molecule has 2 aromatic heterocycles. The lowest BCUT2D eigenvalue weighted by Gasteiger charge is -2.34. The second-order valence-corrected chi connectivity index (χ2v) is 9.09. The van der Waals surface area contributed by atoms with Crippen LogP contribution in [0.25, 0.3) is 21.2 Å². The van der Waals surface area contributed by atoms with Gasteiger partial charge in [-0.25, -0.2) is 4.98 Å². The molecule has 1 aliphatic rings. The van der Waals surface area contributed by atoms with Crippen molar-refractivity contribution in [3.8, 4) is 10.4 Å². The van der Waals surface area contributed by atoms with Gasteiger partial charge in [-0.1, -0.05) is 12.1 Å². The van der Waals surface area contributed by atoms with Crippen molar-refractivity contribution in [1.82, 2.24) is 14.9 Å². The van der Waals surface area contributed by atoms with E-state index in [-0.39, 0.29) is 18.9 Å². The third-order valence-electron chi connectivity index (χ3n) is 5.75. The summed E-state index contributed by atoms with van der Waals surface area (Å²) in [6.07, 6.45) is 3.37. The van der Waals surface area contributed by atoms with Crippen LogP contribution in [-0.4, -0.2) is 46.7 Å². The molecule has 3 aromatic rings. The molecule has 1 atom stereocenters. The number of halogens is 3. The van der Waals surface area contributed by atoms with Gasteiger partial charge in [0.1, 0.15) is 0 Å². The summed E-state index contributed by atoms with van der Waals surface area (Å²) in [4.78, 5) is 11.9. The number of nitrogens with two attached hydrogens (primary N) is 1. The summed E-state index contributed by atoms with van der Waals surface area (Å²) in [7, 11) is 0. The van der Waals surface area contributed by atoms with Gasteiger partial charge in [0.2, 0.25) is 0 Å². The van der Waals surface area contributed by atoms with Crippen molar-refractivity contribution in [2.24, 2.45) is 11.7 Å². The molecule has 160 valence electrons. The second kappa shape index (κ2) is 8.99. The maximum atomic E-state index is 12.8. The maximum Gasteiger partial charge on any atom is 0.391 e. The smallest absolute Gasteiger partial charge is 0.327 e. The number of hydrogen-bond acceptors (Lipinski definition) is 5. The number of benzene rings is 1. The minimum Gasteiger partial charge on any atom is -0.327 e. The Hall–Kier alpha value is -2.03. The first-order valence-corrected chi connectivity index (χ1v) is 11.0. The first-order valence-electron chi connectivity index (χ1n) is 10.2. The zero-order chi connectivity index (χ0) is 21.1. The molecule has 1 saturated heterocycles. The van der Waals surface area contributed by atoms with Gasteiger partial charge >= 0.3 is 6.18 Å². The zero-order valence-electron chi connectivity index (χ0n) is 16.6. The van der Waals surface area contributed by atoms with Crippen LogP contribution in [0.5, 0.6) is 0 Å². The third-order valence-corrected chi connectivity index (χ3v) is 6.86. The largest absolute Gasteiger partial charge is 0.391 e. The first kappa shape index (κ1) is 21.2. The molecule has 4 nitrogen and oxygen atoms in total. The lowest BCUT2D eigenvalue weighted by Crippen LogP contribution is -2.44. The number of aromatic nitrogens is 2. The Kier molecular flexibility index (Phi) is 6.36. The van der Waals surface area contributed by atoms with Gasteiger partial charge in [-0.15, -0.1) is 11.3 Å². The third kappa shape index (κ3) is 5.17. The molecule has 30 heavy (non-hydrogen) atoms. The topological polar surface area (TPSA) is 55.0 Å². The fourth-order valence-corrected chi connectivity index (χ4v) is 4.90. The predicted molar refractivity (Wildman–Crippen MR) is 114 cm³/mol. The summed E-state index contributed by atoms with van der Waals surface area (Å²) in [6.45, 7) is 1.58. The van der Waals surface area contributed by atoms with E-state index in [1.165, 1.54) is 0 Å². The van der Waals surface area contributed by atoms with E-state index in [4.69, 9.17) is 5.73 Å². The van der Waals surface area contributed by atoms with E-state index >= 15 is 0 Å². The number of piperidine rings is 1. The highest BCUT2D eigenvalue weighted by atomic mass is 32.1. The van der Waals surface area contributed by atoms with Gasteiger partial charge in [-0.2, -0.15) is 13.2 Å². The van der Waals surface area contributed by atoms with Crippen LogP contribution in [0.3, 0.4) is 0 Å². The molecule has 0 bridgehead atoms. The molecule has 8 heteroatoms. The second-order valence-electron chi connectivity index (χ2n) is 7.97.